The lowest BCUT2D eigenvalue weighted by atomic mass is 10.1. The highest BCUT2D eigenvalue weighted by atomic mass is 35.5. The van der Waals surface area contributed by atoms with Crippen molar-refractivity contribution >= 4 is 11.6 Å². The summed E-state index contributed by atoms with van der Waals surface area (Å²) in [6.07, 6.45) is 2.53. The predicted octanol–water partition coefficient (Wildman–Crippen LogP) is 3.81. The van der Waals surface area contributed by atoms with E-state index in [1.165, 1.54) is 12.8 Å². The lowest BCUT2D eigenvalue weighted by Crippen LogP contribution is -2.20. The third kappa shape index (κ3) is 2.57. The Morgan fingerprint density at radius 3 is 2.94 bits per heavy atom. The van der Waals surface area contributed by atoms with Crippen molar-refractivity contribution in [2.24, 2.45) is 0 Å². The molecule has 0 bridgehead atoms. The van der Waals surface area contributed by atoms with Crippen LogP contribution in [0.2, 0.25) is 5.02 Å². The van der Waals surface area contributed by atoms with Crippen LogP contribution in [0.25, 0.3) is 11.3 Å². The lowest BCUT2D eigenvalue weighted by Gasteiger charge is -2.08. The third-order valence-corrected chi connectivity index (χ3v) is 3.38. The van der Waals surface area contributed by atoms with E-state index in [9.17, 15) is 0 Å². The number of halogens is 1. The third-order valence-electron chi connectivity index (χ3n) is 3.14. The summed E-state index contributed by atoms with van der Waals surface area (Å²) < 4.78 is 5.38. The van der Waals surface area contributed by atoms with Crippen molar-refractivity contribution in [3.63, 3.8) is 0 Å². The van der Waals surface area contributed by atoms with Gasteiger partial charge in [0.1, 0.15) is 5.69 Å². The van der Waals surface area contributed by atoms with Crippen molar-refractivity contribution in [2.75, 3.05) is 0 Å². The number of nitrogens with one attached hydrogen (secondary N) is 1. The highest BCUT2D eigenvalue weighted by molar-refractivity contribution is 6.30. The quantitative estimate of drug-likeness (QED) is 0.911. The van der Waals surface area contributed by atoms with Crippen LogP contribution in [0, 0.1) is 0 Å². The topological polar surface area (TPSA) is 38.1 Å². The van der Waals surface area contributed by atoms with Gasteiger partial charge in [-0.2, -0.15) is 0 Å². The zero-order valence-corrected chi connectivity index (χ0v) is 10.9. The van der Waals surface area contributed by atoms with Crippen LogP contribution in [0.3, 0.4) is 0 Å². The van der Waals surface area contributed by atoms with Crippen molar-refractivity contribution in [1.82, 2.24) is 10.5 Å². The van der Waals surface area contributed by atoms with Gasteiger partial charge >= 0.3 is 0 Å². The first kappa shape index (κ1) is 11.8. The van der Waals surface area contributed by atoms with Gasteiger partial charge in [0, 0.05) is 22.7 Å². The van der Waals surface area contributed by atoms with Crippen molar-refractivity contribution in [1.29, 1.82) is 0 Å². The Morgan fingerprint density at radius 2 is 2.22 bits per heavy atom. The molecule has 3 rings (SSSR count). The summed E-state index contributed by atoms with van der Waals surface area (Å²) in [5.74, 6) is 0.761. The van der Waals surface area contributed by atoms with E-state index in [0.29, 0.717) is 11.1 Å². The summed E-state index contributed by atoms with van der Waals surface area (Å²) in [5, 5.41) is 8.32. The molecule has 0 aliphatic heterocycles. The molecular formula is C14H15ClN2O. The smallest absolute Gasteiger partial charge is 0.167 e. The maximum Gasteiger partial charge on any atom is 0.167 e. The van der Waals surface area contributed by atoms with Crippen LogP contribution in [0.15, 0.2) is 34.9 Å². The molecule has 0 amide bonds. The summed E-state index contributed by atoms with van der Waals surface area (Å²) in [6, 6.07) is 10.5. The average Bonchev–Trinajstić information content (AvgIpc) is 3.03. The molecule has 1 atom stereocenters. The molecule has 0 spiro atoms. The Labute approximate surface area is 111 Å². The number of hydrogen-bond acceptors (Lipinski definition) is 3. The van der Waals surface area contributed by atoms with Crippen LogP contribution in [0.1, 0.15) is 31.5 Å². The van der Waals surface area contributed by atoms with Gasteiger partial charge in [-0.15, -0.1) is 0 Å². The summed E-state index contributed by atoms with van der Waals surface area (Å²) in [4.78, 5) is 0. The molecular weight excluding hydrogens is 248 g/mol. The van der Waals surface area contributed by atoms with Gasteiger partial charge in [-0.1, -0.05) is 28.9 Å². The van der Waals surface area contributed by atoms with Gasteiger partial charge in [0.15, 0.2) is 5.76 Å². The Bertz CT molecular complexity index is 548. The molecule has 0 saturated heterocycles. The first-order valence-electron chi connectivity index (χ1n) is 6.21. The number of rotatable bonds is 4. The molecule has 0 radical (unpaired) electrons. The highest BCUT2D eigenvalue weighted by Gasteiger charge is 2.24. The van der Waals surface area contributed by atoms with Gasteiger partial charge in [-0.25, -0.2) is 0 Å². The van der Waals surface area contributed by atoms with Crippen molar-refractivity contribution in [3.8, 4) is 11.3 Å². The van der Waals surface area contributed by atoms with Crippen LogP contribution in [-0.4, -0.2) is 11.2 Å². The fraction of sp³-hybridized carbons (Fsp3) is 0.357. The largest absolute Gasteiger partial charge is 0.356 e. The molecule has 1 saturated carbocycles. The van der Waals surface area contributed by atoms with Gasteiger partial charge in [0.25, 0.3) is 0 Å². The van der Waals surface area contributed by atoms with E-state index in [4.69, 9.17) is 16.1 Å². The molecule has 94 valence electrons. The van der Waals surface area contributed by atoms with Crippen LogP contribution in [0.5, 0.6) is 0 Å². The van der Waals surface area contributed by atoms with E-state index in [1.807, 2.05) is 30.3 Å². The number of benzene rings is 1. The van der Waals surface area contributed by atoms with Crippen LogP contribution in [-0.2, 0) is 0 Å². The minimum absolute atomic E-state index is 0.231. The normalized spacial score (nSPS) is 16.8. The van der Waals surface area contributed by atoms with Crippen molar-refractivity contribution in [2.45, 2.75) is 31.8 Å². The molecule has 1 unspecified atom stereocenters. The standard InChI is InChI=1S/C14H15ClN2O/c1-9(16-12-5-6-12)13-8-14(18-17-13)10-3-2-4-11(15)7-10/h2-4,7-9,12,16H,5-6H2,1H3. The first-order chi connectivity index (χ1) is 8.72. The molecule has 1 aromatic heterocycles. The average molecular weight is 263 g/mol. The van der Waals surface area contributed by atoms with E-state index in [2.05, 4.69) is 17.4 Å². The summed E-state index contributed by atoms with van der Waals surface area (Å²) in [5.41, 5.74) is 1.90. The van der Waals surface area contributed by atoms with E-state index in [0.717, 1.165) is 17.0 Å². The van der Waals surface area contributed by atoms with Crippen LogP contribution in [0.4, 0.5) is 0 Å². The molecule has 1 fully saturated rings. The molecule has 1 aliphatic carbocycles. The Morgan fingerprint density at radius 1 is 1.39 bits per heavy atom. The van der Waals surface area contributed by atoms with Crippen LogP contribution >= 0.6 is 11.6 Å². The van der Waals surface area contributed by atoms with Crippen LogP contribution < -0.4 is 5.32 Å². The maximum absolute atomic E-state index is 5.97. The fourth-order valence-corrected chi connectivity index (χ4v) is 2.15. The summed E-state index contributed by atoms with van der Waals surface area (Å²) >= 11 is 5.97. The second-order valence-electron chi connectivity index (χ2n) is 4.79. The first-order valence-corrected chi connectivity index (χ1v) is 6.59. The van der Waals surface area contributed by atoms with E-state index < -0.39 is 0 Å². The van der Waals surface area contributed by atoms with Crippen molar-refractivity contribution in [3.05, 3.63) is 41.0 Å². The minimum atomic E-state index is 0.231. The van der Waals surface area contributed by atoms with E-state index >= 15 is 0 Å². The molecule has 1 heterocycles. The zero-order chi connectivity index (χ0) is 12.5. The Kier molecular flexibility index (Phi) is 3.10. The second kappa shape index (κ2) is 4.75. The van der Waals surface area contributed by atoms with Gasteiger partial charge in [0.05, 0.1) is 6.04 Å². The molecule has 1 N–H and O–H groups in total. The van der Waals surface area contributed by atoms with E-state index in [1.54, 1.807) is 0 Å². The number of nitrogens with zero attached hydrogens (tertiary/aromatic N) is 1. The summed E-state index contributed by atoms with van der Waals surface area (Å²) in [7, 11) is 0. The lowest BCUT2D eigenvalue weighted by molar-refractivity contribution is 0.409. The Hall–Kier alpha value is -1.32. The molecule has 1 aliphatic rings. The number of hydrogen-bond donors (Lipinski definition) is 1. The predicted molar refractivity (Wildman–Crippen MR) is 71.5 cm³/mol. The number of aromatic nitrogens is 1. The fourth-order valence-electron chi connectivity index (χ4n) is 1.96. The van der Waals surface area contributed by atoms with Gasteiger partial charge < -0.3 is 9.84 Å². The zero-order valence-electron chi connectivity index (χ0n) is 10.2. The Balaban J connectivity index is 1.79. The molecule has 4 heteroatoms. The van der Waals surface area contributed by atoms with Crippen molar-refractivity contribution < 1.29 is 4.52 Å². The molecule has 18 heavy (non-hydrogen) atoms. The molecule has 3 nitrogen and oxygen atoms in total. The maximum atomic E-state index is 5.97. The minimum Gasteiger partial charge on any atom is -0.356 e. The molecule has 1 aromatic carbocycles. The highest BCUT2D eigenvalue weighted by Crippen LogP contribution is 2.27. The monoisotopic (exact) mass is 262 g/mol. The SMILES string of the molecule is CC(NC1CC1)c1cc(-c2cccc(Cl)c2)on1. The molecule has 2 aromatic rings. The van der Waals surface area contributed by atoms with E-state index in [-0.39, 0.29) is 6.04 Å². The van der Waals surface area contributed by atoms with Gasteiger partial charge in [-0.3, -0.25) is 0 Å². The second-order valence-corrected chi connectivity index (χ2v) is 5.23. The van der Waals surface area contributed by atoms with Gasteiger partial charge in [-0.05, 0) is 31.9 Å². The van der Waals surface area contributed by atoms with Gasteiger partial charge in [0.2, 0.25) is 0 Å². The summed E-state index contributed by atoms with van der Waals surface area (Å²) in [6.45, 7) is 2.11.